The molecule has 1 N–H and O–H groups in total. The minimum Gasteiger partial charge on any atom is -0.491 e. The van der Waals surface area contributed by atoms with Gasteiger partial charge in [0.15, 0.2) is 0 Å². The largest absolute Gasteiger partial charge is 0.491 e. The average molecular weight is 189 g/mol. The van der Waals surface area contributed by atoms with Crippen LogP contribution in [0.1, 0.15) is 18.4 Å². The summed E-state index contributed by atoms with van der Waals surface area (Å²) in [5.41, 5.74) is 2.54. The Bertz CT molecular complexity index is 344. The number of benzene rings is 1. The molecule has 2 aliphatic rings. The highest BCUT2D eigenvalue weighted by atomic mass is 16.5. The third kappa shape index (κ3) is 1.45. The highest BCUT2D eigenvalue weighted by Gasteiger charge is 2.22. The van der Waals surface area contributed by atoms with Gasteiger partial charge in [0.2, 0.25) is 0 Å². The highest BCUT2D eigenvalue weighted by Crippen LogP contribution is 2.35. The van der Waals surface area contributed by atoms with Crippen molar-refractivity contribution in [2.45, 2.75) is 19.3 Å². The zero-order valence-corrected chi connectivity index (χ0v) is 8.25. The lowest BCUT2D eigenvalue weighted by molar-refractivity contribution is 0.358. The first kappa shape index (κ1) is 8.16. The Hall–Kier alpha value is -1.18. The summed E-state index contributed by atoms with van der Waals surface area (Å²) in [6.07, 6.45) is 3.85. The summed E-state index contributed by atoms with van der Waals surface area (Å²) in [7, 11) is 0. The molecule has 1 aromatic carbocycles. The van der Waals surface area contributed by atoms with E-state index >= 15 is 0 Å². The van der Waals surface area contributed by atoms with Crippen LogP contribution in [0, 0.1) is 5.92 Å². The Kier molecular flexibility index (Phi) is 1.86. The molecule has 0 amide bonds. The number of rotatable bonds is 3. The molecule has 0 aromatic heterocycles. The van der Waals surface area contributed by atoms with E-state index in [4.69, 9.17) is 4.74 Å². The molecule has 3 rings (SSSR count). The third-order valence-electron chi connectivity index (χ3n) is 2.99. The normalized spacial score (nSPS) is 18.9. The molecular weight excluding hydrogens is 174 g/mol. The molecule has 0 spiro atoms. The summed E-state index contributed by atoms with van der Waals surface area (Å²) in [5.74, 6) is 2.00. The first-order valence-electron chi connectivity index (χ1n) is 5.42. The van der Waals surface area contributed by atoms with Crippen LogP contribution in [0.2, 0.25) is 0 Å². The van der Waals surface area contributed by atoms with E-state index in [0.29, 0.717) is 0 Å². The zero-order chi connectivity index (χ0) is 9.38. The maximum absolute atomic E-state index is 5.62. The van der Waals surface area contributed by atoms with E-state index in [1.165, 1.54) is 24.1 Å². The summed E-state index contributed by atoms with van der Waals surface area (Å²) in [6, 6.07) is 6.39. The van der Waals surface area contributed by atoms with Crippen LogP contribution in [0.15, 0.2) is 18.2 Å². The summed E-state index contributed by atoms with van der Waals surface area (Å²) in [4.78, 5) is 0. The molecule has 1 saturated carbocycles. The van der Waals surface area contributed by atoms with Gasteiger partial charge in [0.1, 0.15) is 5.75 Å². The fourth-order valence-corrected chi connectivity index (χ4v) is 1.93. The molecule has 1 fully saturated rings. The second-order valence-electron chi connectivity index (χ2n) is 4.22. The van der Waals surface area contributed by atoms with Crippen molar-refractivity contribution in [1.82, 2.24) is 0 Å². The van der Waals surface area contributed by atoms with Crippen molar-refractivity contribution in [3.8, 4) is 5.75 Å². The number of nitrogens with one attached hydrogen (secondary N) is 1. The minimum atomic E-state index is 0.845. The van der Waals surface area contributed by atoms with Crippen LogP contribution in [0.5, 0.6) is 5.75 Å². The Balaban J connectivity index is 1.78. The second kappa shape index (κ2) is 3.19. The lowest BCUT2D eigenvalue weighted by Crippen LogP contribution is -2.04. The first-order valence-corrected chi connectivity index (χ1v) is 5.42. The number of hydrogen-bond donors (Lipinski definition) is 1. The number of para-hydroxylation sites is 1. The summed E-state index contributed by atoms with van der Waals surface area (Å²) in [6.45, 7) is 1.96. The van der Waals surface area contributed by atoms with Crippen LogP contribution in [0.3, 0.4) is 0 Å². The molecule has 1 aromatic rings. The predicted octanol–water partition coefficient (Wildman–Crippen LogP) is 2.44. The standard InChI is InChI=1S/C12H15NO/c1-2-10-6-7-14-12(10)11(3-1)13-8-9-4-5-9/h1-3,9,13H,4-8H2. The van der Waals surface area contributed by atoms with Crippen LogP contribution in [-0.4, -0.2) is 13.2 Å². The van der Waals surface area contributed by atoms with Crippen molar-refractivity contribution >= 4 is 5.69 Å². The number of anilines is 1. The smallest absolute Gasteiger partial charge is 0.145 e. The van der Waals surface area contributed by atoms with Gasteiger partial charge >= 0.3 is 0 Å². The Labute approximate surface area is 84.3 Å². The maximum atomic E-state index is 5.62. The van der Waals surface area contributed by atoms with Gasteiger partial charge in [0.05, 0.1) is 12.3 Å². The molecule has 1 aliphatic carbocycles. The molecule has 2 heteroatoms. The summed E-state index contributed by atoms with van der Waals surface area (Å²) < 4.78 is 5.62. The van der Waals surface area contributed by atoms with Crippen LogP contribution >= 0.6 is 0 Å². The quantitative estimate of drug-likeness (QED) is 0.788. The van der Waals surface area contributed by atoms with Gasteiger partial charge in [-0.3, -0.25) is 0 Å². The van der Waals surface area contributed by atoms with Crippen molar-refractivity contribution in [2.75, 3.05) is 18.5 Å². The van der Waals surface area contributed by atoms with Gasteiger partial charge in [0.25, 0.3) is 0 Å². The van der Waals surface area contributed by atoms with Gasteiger partial charge < -0.3 is 10.1 Å². The molecule has 2 nitrogen and oxygen atoms in total. The van der Waals surface area contributed by atoms with E-state index in [1.807, 2.05) is 0 Å². The van der Waals surface area contributed by atoms with Crippen molar-refractivity contribution in [3.63, 3.8) is 0 Å². The molecule has 1 heterocycles. The van der Waals surface area contributed by atoms with E-state index in [9.17, 15) is 0 Å². The fourth-order valence-electron chi connectivity index (χ4n) is 1.93. The van der Waals surface area contributed by atoms with E-state index < -0.39 is 0 Å². The number of ether oxygens (including phenoxy) is 1. The first-order chi connectivity index (χ1) is 6.93. The van der Waals surface area contributed by atoms with Crippen molar-refractivity contribution in [1.29, 1.82) is 0 Å². The fraction of sp³-hybridized carbons (Fsp3) is 0.500. The molecule has 0 bridgehead atoms. The lowest BCUT2D eigenvalue weighted by Gasteiger charge is -2.09. The van der Waals surface area contributed by atoms with Crippen LogP contribution < -0.4 is 10.1 Å². The molecule has 0 saturated heterocycles. The lowest BCUT2D eigenvalue weighted by atomic mass is 10.1. The molecule has 14 heavy (non-hydrogen) atoms. The molecular formula is C12H15NO. The molecule has 0 atom stereocenters. The number of hydrogen-bond acceptors (Lipinski definition) is 2. The Morgan fingerprint density at radius 1 is 1.36 bits per heavy atom. The van der Waals surface area contributed by atoms with E-state index in [2.05, 4.69) is 23.5 Å². The van der Waals surface area contributed by atoms with Crippen molar-refractivity contribution in [3.05, 3.63) is 23.8 Å². The van der Waals surface area contributed by atoms with Crippen LogP contribution in [0.25, 0.3) is 0 Å². The van der Waals surface area contributed by atoms with E-state index in [1.54, 1.807) is 0 Å². The van der Waals surface area contributed by atoms with Gasteiger partial charge in [-0.1, -0.05) is 12.1 Å². The highest BCUT2D eigenvalue weighted by molar-refractivity contribution is 5.61. The summed E-state index contributed by atoms with van der Waals surface area (Å²) in [5, 5.41) is 3.48. The SMILES string of the molecule is c1cc2c(c(NCC3CC3)c1)OCC2. The number of fused-ring (bicyclic) bond motifs is 1. The van der Waals surface area contributed by atoms with Gasteiger partial charge in [-0.05, 0) is 30.4 Å². The van der Waals surface area contributed by atoms with Gasteiger partial charge in [-0.25, -0.2) is 0 Å². The molecule has 0 radical (unpaired) electrons. The third-order valence-corrected chi connectivity index (χ3v) is 2.99. The van der Waals surface area contributed by atoms with E-state index in [0.717, 1.165) is 31.2 Å². The average Bonchev–Trinajstić information content (AvgIpc) is 2.91. The topological polar surface area (TPSA) is 21.3 Å². The second-order valence-corrected chi connectivity index (χ2v) is 4.22. The Morgan fingerprint density at radius 2 is 2.29 bits per heavy atom. The predicted molar refractivity (Wildman–Crippen MR) is 56.9 cm³/mol. The molecule has 1 aliphatic heterocycles. The van der Waals surface area contributed by atoms with Crippen molar-refractivity contribution in [2.24, 2.45) is 5.92 Å². The van der Waals surface area contributed by atoms with Gasteiger partial charge in [-0.15, -0.1) is 0 Å². The van der Waals surface area contributed by atoms with E-state index in [-0.39, 0.29) is 0 Å². The van der Waals surface area contributed by atoms with Crippen molar-refractivity contribution < 1.29 is 4.74 Å². The van der Waals surface area contributed by atoms with Crippen LogP contribution in [0.4, 0.5) is 5.69 Å². The van der Waals surface area contributed by atoms with Gasteiger partial charge in [-0.2, -0.15) is 0 Å². The Morgan fingerprint density at radius 3 is 3.14 bits per heavy atom. The zero-order valence-electron chi connectivity index (χ0n) is 8.25. The monoisotopic (exact) mass is 189 g/mol. The molecule has 74 valence electrons. The summed E-state index contributed by atoms with van der Waals surface area (Å²) >= 11 is 0. The molecule has 0 unspecified atom stereocenters. The minimum absolute atomic E-state index is 0.845. The maximum Gasteiger partial charge on any atom is 0.145 e. The van der Waals surface area contributed by atoms with Crippen LogP contribution in [-0.2, 0) is 6.42 Å². The van der Waals surface area contributed by atoms with Gasteiger partial charge in [0, 0.05) is 13.0 Å².